The zero-order valence-corrected chi connectivity index (χ0v) is 20.7. The fourth-order valence-electron chi connectivity index (χ4n) is 2.99. The molecule has 3 rings (SSSR count). The highest BCUT2D eigenvalue weighted by molar-refractivity contribution is 7.99. The molecule has 162 valence electrons. The molecule has 1 heterocycles. The molecule has 0 aliphatic carbocycles. The largest absolute Gasteiger partial charge is 0.308 e. The highest BCUT2D eigenvalue weighted by Gasteiger charge is 2.20. The fourth-order valence-corrected chi connectivity index (χ4v) is 4.93. The Balaban J connectivity index is 0.00000320. The third-order valence-electron chi connectivity index (χ3n) is 4.49. The van der Waals surface area contributed by atoms with E-state index >= 15 is 0 Å². The maximum atomic E-state index is 13.2. The third-order valence-corrected chi connectivity index (χ3v) is 6.54. The Hall–Kier alpha value is -1.60. The van der Waals surface area contributed by atoms with Gasteiger partial charge in [-0.2, -0.15) is 0 Å². The summed E-state index contributed by atoms with van der Waals surface area (Å²) in [6.45, 7) is 7.88. The summed E-state index contributed by atoms with van der Waals surface area (Å²) in [5, 5.41) is 1.33. The summed E-state index contributed by atoms with van der Waals surface area (Å²) in [6.07, 6.45) is 0.384. The molecule has 1 amide bonds. The van der Waals surface area contributed by atoms with Gasteiger partial charge in [0.05, 0.1) is 16.6 Å². The average Bonchev–Trinajstić information content (AvgIpc) is 3.05. The topological polar surface area (TPSA) is 36.4 Å². The number of fused-ring (bicyclic) bond motifs is 1. The summed E-state index contributed by atoms with van der Waals surface area (Å²) >= 11 is 3.43. The van der Waals surface area contributed by atoms with Crippen LogP contribution in [0.2, 0.25) is 0 Å². The van der Waals surface area contributed by atoms with Crippen molar-refractivity contribution in [2.75, 3.05) is 32.1 Å². The van der Waals surface area contributed by atoms with Crippen molar-refractivity contribution < 1.29 is 4.79 Å². The zero-order chi connectivity index (χ0) is 21.0. The highest BCUT2D eigenvalue weighted by Crippen LogP contribution is 2.30. The van der Waals surface area contributed by atoms with Gasteiger partial charge < -0.3 is 4.90 Å². The predicted molar refractivity (Wildman–Crippen MR) is 134 cm³/mol. The number of hydrogen-bond acceptors (Lipinski definition) is 5. The van der Waals surface area contributed by atoms with E-state index in [0.717, 1.165) is 27.5 Å². The van der Waals surface area contributed by atoms with Crippen LogP contribution in [0.1, 0.15) is 25.0 Å². The Morgan fingerprint density at radius 2 is 1.80 bits per heavy atom. The van der Waals surface area contributed by atoms with E-state index in [-0.39, 0.29) is 18.3 Å². The molecule has 0 radical (unpaired) electrons. The van der Waals surface area contributed by atoms with Gasteiger partial charge in [0, 0.05) is 23.2 Å². The quantitative estimate of drug-likeness (QED) is 0.403. The van der Waals surface area contributed by atoms with Gasteiger partial charge in [-0.15, -0.1) is 24.2 Å². The lowest BCUT2D eigenvalue weighted by Gasteiger charge is -2.22. The number of carbonyl (C=O) groups is 1. The van der Waals surface area contributed by atoms with Gasteiger partial charge >= 0.3 is 0 Å². The number of thioether (sulfide) groups is 1. The Bertz CT molecular complexity index is 970. The van der Waals surface area contributed by atoms with Crippen LogP contribution in [0.3, 0.4) is 0 Å². The zero-order valence-electron chi connectivity index (χ0n) is 18.2. The number of amides is 1. The molecule has 0 fully saturated rings. The number of thiazole rings is 1. The molecule has 4 nitrogen and oxygen atoms in total. The number of aromatic nitrogens is 1. The second-order valence-corrected chi connectivity index (χ2v) is 10.5. The molecule has 0 saturated carbocycles. The lowest BCUT2D eigenvalue weighted by molar-refractivity contribution is -0.118. The molecule has 0 N–H and O–H groups in total. The van der Waals surface area contributed by atoms with Crippen LogP contribution in [-0.4, -0.2) is 48.2 Å². The number of aryl methyl sites for hydroxylation is 1. The highest BCUT2D eigenvalue weighted by atomic mass is 35.5. The van der Waals surface area contributed by atoms with Crippen molar-refractivity contribution in [1.82, 2.24) is 9.88 Å². The van der Waals surface area contributed by atoms with E-state index in [0.29, 0.717) is 18.2 Å². The van der Waals surface area contributed by atoms with E-state index in [1.54, 1.807) is 11.3 Å². The Morgan fingerprint density at radius 1 is 1.10 bits per heavy atom. The number of rotatable bonds is 8. The average molecular weight is 464 g/mol. The van der Waals surface area contributed by atoms with Gasteiger partial charge in [0.15, 0.2) is 5.13 Å². The van der Waals surface area contributed by atoms with Crippen LogP contribution in [0.25, 0.3) is 10.2 Å². The molecular formula is C23H30ClN3OS2. The van der Waals surface area contributed by atoms with Crippen molar-refractivity contribution in [2.45, 2.75) is 37.3 Å². The molecule has 0 saturated heterocycles. The van der Waals surface area contributed by atoms with E-state index in [2.05, 4.69) is 62.1 Å². The number of benzene rings is 2. The summed E-state index contributed by atoms with van der Waals surface area (Å²) < 4.78 is 1.12. The number of halogens is 1. The molecule has 0 aliphatic rings. The van der Waals surface area contributed by atoms with E-state index in [1.165, 1.54) is 10.5 Å². The SMILES string of the molecule is Cc1ccc2nc(N(CCN(C)C)C(=O)Cc3ccc(SC(C)C)cc3)sc2c1.Cl. The molecule has 7 heteroatoms. The van der Waals surface area contributed by atoms with E-state index in [4.69, 9.17) is 4.98 Å². The Morgan fingerprint density at radius 3 is 2.43 bits per heavy atom. The van der Waals surface area contributed by atoms with Crippen molar-refractivity contribution in [1.29, 1.82) is 0 Å². The van der Waals surface area contributed by atoms with Crippen molar-refractivity contribution in [3.8, 4) is 0 Å². The van der Waals surface area contributed by atoms with Crippen molar-refractivity contribution in [2.24, 2.45) is 0 Å². The predicted octanol–water partition coefficient (Wildman–Crippen LogP) is 5.66. The Labute approximate surface area is 194 Å². The summed E-state index contributed by atoms with van der Waals surface area (Å²) in [5.74, 6) is 0.0897. The van der Waals surface area contributed by atoms with Crippen LogP contribution >= 0.6 is 35.5 Å². The van der Waals surface area contributed by atoms with Gasteiger partial charge in [-0.05, 0) is 56.4 Å². The number of carbonyl (C=O) groups excluding carboxylic acids is 1. The summed E-state index contributed by atoms with van der Waals surface area (Å²) in [4.78, 5) is 23.1. The molecule has 1 aromatic heterocycles. The monoisotopic (exact) mass is 463 g/mol. The molecule has 30 heavy (non-hydrogen) atoms. The van der Waals surface area contributed by atoms with Crippen LogP contribution in [0, 0.1) is 6.92 Å². The minimum Gasteiger partial charge on any atom is -0.308 e. The van der Waals surface area contributed by atoms with Gasteiger partial charge in [-0.3, -0.25) is 9.69 Å². The second kappa shape index (κ2) is 11.1. The first-order valence-corrected chi connectivity index (χ1v) is 11.6. The summed E-state index contributed by atoms with van der Waals surface area (Å²) in [7, 11) is 4.05. The maximum Gasteiger partial charge on any atom is 0.233 e. The van der Waals surface area contributed by atoms with Crippen LogP contribution in [0.4, 0.5) is 5.13 Å². The van der Waals surface area contributed by atoms with Gasteiger partial charge in [-0.1, -0.05) is 43.4 Å². The third kappa shape index (κ3) is 6.71. The number of hydrogen-bond donors (Lipinski definition) is 0. The molecule has 2 aromatic carbocycles. The fraction of sp³-hybridized carbons (Fsp3) is 0.391. The molecule has 0 unspecified atom stereocenters. The van der Waals surface area contributed by atoms with Crippen LogP contribution in [-0.2, 0) is 11.2 Å². The standard InChI is InChI=1S/C23H29N3OS2.ClH/c1-16(2)28-19-9-7-18(8-10-19)15-22(27)26(13-12-25(4)5)23-24-20-11-6-17(3)14-21(20)29-23;/h6-11,14,16H,12-13,15H2,1-5H3;1H. The molecular weight excluding hydrogens is 434 g/mol. The smallest absolute Gasteiger partial charge is 0.233 e. The van der Waals surface area contributed by atoms with Gasteiger partial charge in [-0.25, -0.2) is 4.98 Å². The minimum atomic E-state index is 0. The van der Waals surface area contributed by atoms with Gasteiger partial charge in [0.1, 0.15) is 0 Å². The van der Waals surface area contributed by atoms with Crippen molar-refractivity contribution in [3.05, 3.63) is 53.6 Å². The van der Waals surface area contributed by atoms with E-state index in [9.17, 15) is 4.79 Å². The Kier molecular flexibility index (Phi) is 9.16. The molecule has 0 spiro atoms. The first-order chi connectivity index (χ1) is 13.8. The lowest BCUT2D eigenvalue weighted by atomic mass is 10.1. The molecule has 0 atom stereocenters. The first kappa shape index (κ1) is 24.7. The lowest BCUT2D eigenvalue weighted by Crippen LogP contribution is -2.37. The van der Waals surface area contributed by atoms with Crippen LogP contribution in [0.5, 0.6) is 0 Å². The number of likely N-dealkylation sites (N-methyl/N-ethyl adjacent to an activating group) is 1. The van der Waals surface area contributed by atoms with Gasteiger partial charge in [0.25, 0.3) is 0 Å². The number of anilines is 1. The minimum absolute atomic E-state index is 0. The van der Waals surface area contributed by atoms with E-state index in [1.807, 2.05) is 36.8 Å². The normalized spacial score (nSPS) is 11.2. The summed E-state index contributed by atoms with van der Waals surface area (Å²) in [5.41, 5.74) is 3.20. The van der Waals surface area contributed by atoms with Crippen LogP contribution in [0.15, 0.2) is 47.4 Å². The van der Waals surface area contributed by atoms with Crippen molar-refractivity contribution in [3.63, 3.8) is 0 Å². The molecule has 3 aromatic rings. The molecule has 0 bridgehead atoms. The summed E-state index contributed by atoms with van der Waals surface area (Å²) in [6, 6.07) is 14.6. The van der Waals surface area contributed by atoms with E-state index < -0.39 is 0 Å². The van der Waals surface area contributed by atoms with Gasteiger partial charge in [0.2, 0.25) is 5.91 Å². The number of nitrogens with zero attached hydrogens (tertiary/aromatic N) is 3. The van der Waals surface area contributed by atoms with Crippen LogP contribution < -0.4 is 4.90 Å². The maximum absolute atomic E-state index is 13.2. The second-order valence-electron chi connectivity index (χ2n) is 7.80. The first-order valence-electron chi connectivity index (χ1n) is 9.89. The van der Waals surface area contributed by atoms with Crippen molar-refractivity contribution >= 4 is 56.8 Å². The molecule has 0 aliphatic heterocycles.